The summed E-state index contributed by atoms with van der Waals surface area (Å²) < 4.78 is 0. The number of hydrogen-bond donors (Lipinski definition) is 1. The third-order valence-electron chi connectivity index (χ3n) is 1.10. The van der Waals surface area contributed by atoms with E-state index in [1.807, 2.05) is 13.8 Å². The van der Waals surface area contributed by atoms with Crippen LogP contribution in [0, 0.1) is 0 Å². The summed E-state index contributed by atoms with van der Waals surface area (Å²) in [4.78, 5) is 3.16. The highest BCUT2D eigenvalue weighted by atomic mass is 15.6. The Morgan fingerprint density at radius 2 is 2.33 bits per heavy atom. The van der Waals surface area contributed by atoms with Crippen molar-refractivity contribution in [2.24, 2.45) is 0 Å². The zero-order valence-corrected chi connectivity index (χ0v) is 5.65. The molecule has 0 fully saturated rings. The molecule has 0 aromatic carbocycles. The van der Waals surface area contributed by atoms with E-state index in [4.69, 9.17) is 5.84 Å². The van der Waals surface area contributed by atoms with Gasteiger partial charge in [-0.3, -0.25) is 5.84 Å². The zero-order chi connectivity index (χ0) is 6.85. The molecule has 1 aromatic rings. The van der Waals surface area contributed by atoms with Crippen LogP contribution in [0.2, 0.25) is 0 Å². The molecule has 0 saturated heterocycles. The maximum atomic E-state index is 5.46. The van der Waals surface area contributed by atoms with E-state index in [1.165, 1.54) is 4.79 Å². The molecule has 1 heterocycles. The van der Waals surface area contributed by atoms with E-state index in [2.05, 4.69) is 5.10 Å². The van der Waals surface area contributed by atoms with Crippen LogP contribution in [-0.2, 0) is 0 Å². The molecule has 0 radical (unpaired) electrons. The van der Waals surface area contributed by atoms with Gasteiger partial charge in [0.1, 0.15) is 6.04 Å². The van der Waals surface area contributed by atoms with Crippen LogP contribution in [0.3, 0.4) is 0 Å². The van der Waals surface area contributed by atoms with Crippen molar-refractivity contribution in [1.82, 2.24) is 9.90 Å². The fourth-order valence-electron chi connectivity index (χ4n) is 0.694. The Hall–Kier alpha value is -1.06. The lowest BCUT2D eigenvalue weighted by Crippen LogP contribution is -2.52. The van der Waals surface area contributed by atoms with Crippen LogP contribution in [0.5, 0.6) is 0 Å². The number of nitrogens with zero attached hydrogens (tertiary/aromatic N) is 3. The first-order chi connectivity index (χ1) is 4.22. The highest BCUT2D eigenvalue weighted by Crippen LogP contribution is 1.92. The molecule has 0 spiro atoms. The predicted molar refractivity (Wildman–Crippen MR) is 33.0 cm³/mol. The maximum Gasteiger partial charge on any atom is 0.209 e. The summed E-state index contributed by atoms with van der Waals surface area (Å²) >= 11 is 0. The average Bonchev–Trinajstić information content (AvgIpc) is 2.13. The number of hydrogen-bond acceptors (Lipinski definition) is 2. The van der Waals surface area contributed by atoms with E-state index >= 15 is 0 Å². The minimum Gasteiger partial charge on any atom is -0.251 e. The Morgan fingerprint density at radius 3 is 2.56 bits per heavy atom. The monoisotopic (exact) mass is 127 g/mol. The Labute approximate surface area is 53.8 Å². The molecule has 0 bridgehead atoms. The third-order valence-corrected chi connectivity index (χ3v) is 1.10. The molecule has 9 heavy (non-hydrogen) atoms. The third kappa shape index (κ3) is 1.01. The molecule has 1 aromatic heterocycles. The number of nitrogens with two attached hydrogens (primary N) is 1. The van der Waals surface area contributed by atoms with Gasteiger partial charge < -0.3 is 0 Å². The van der Waals surface area contributed by atoms with E-state index in [1.54, 1.807) is 17.2 Å². The summed E-state index contributed by atoms with van der Waals surface area (Å²) in [5.41, 5.74) is 0. The van der Waals surface area contributed by atoms with Gasteiger partial charge in [0.05, 0.1) is 0 Å². The van der Waals surface area contributed by atoms with Crippen molar-refractivity contribution in [2.75, 3.05) is 5.84 Å². The molecular formula is C5H11N4+. The van der Waals surface area contributed by atoms with Crippen LogP contribution in [0.1, 0.15) is 19.9 Å². The second-order valence-corrected chi connectivity index (χ2v) is 2.21. The van der Waals surface area contributed by atoms with Gasteiger partial charge in [-0.05, 0) is 18.6 Å². The van der Waals surface area contributed by atoms with Gasteiger partial charge in [-0.1, -0.05) is 4.79 Å². The molecule has 4 nitrogen and oxygen atoms in total. The van der Waals surface area contributed by atoms with E-state index in [0.717, 1.165) is 0 Å². The van der Waals surface area contributed by atoms with Gasteiger partial charge in [-0.25, -0.2) is 0 Å². The van der Waals surface area contributed by atoms with Crippen molar-refractivity contribution in [2.45, 2.75) is 19.9 Å². The fraction of sp³-hybridized carbons (Fsp3) is 0.600. The van der Waals surface area contributed by atoms with Crippen molar-refractivity contribution in [3.05, 3.63) is 12.4 Å². The van der Waals surface area contributed by atoms with Crippen molar-refractivity contribution < 1.29 is 4.79 Å². The first-order valence-corrected chi connectivity index (χ1v) is 2.92. The van der Waals surface area contributed by atoms with Gasteiger partial charge in [-0.15, -0.1) is 0 Å². The molecule has 0 atom stereocenters. The van der Waals surface area contributed by atoms with Gasteiger partial charge in [-0.2, -0.15) is 0 Å². The first kappa shape index (κ1) is 6.07. The Kier molecular flexibility index (Phi) is 1.38. The van der Waals surface area contributed by atoms with E-state index in [-0.39, 0.29) is 0 Å². The summed E-state index contributed by atoms with van der Waals surface area (Å²) in [5.74, 6) is 5.46. The highest BCUT2D eigenvalue weighted by Gasteiger charge is 2.07. The molecule has 0 amide bonds. The lowest BCUT2D eigenvalue weighted by molar-refractivity contribution is -0.731. The van der Waals surface area contributed by atoms with Gasteiger partial charge in [0, 0.05) is 5.10 Å². The zero-order valence-electron chi connectivity index (χ0n) is 5.65. The fourth-order valence-corrected chi connectivity index (χ4v) is 0.694. The van der Waals surface area contributed by atoms with Crippen LogP contribution in [-0.4, -0.2) is 9.90 Å². The van der Waals surface area contributed by atoms with Crippen molar-refractivity contribution in [1.29, 1.82) is 0 Å². The number of rotatable bonds is 1. The van der Waals surface area contributed by atoms with Gasteiger partial charge in [0.15, 0.2) is 6.20 Å². The van der Waals surface area contributed by atoms with Crippen LogP contribution in [0.15, 0.2) is 12.4 Å². The summed E-state index contributed by atoms with van der Waals surface area (Å²) in [6, 6.07) is 0.324. The molecule has 0 saturated carbocycles. The van der Waals surface area contributed by atoms with Gasteiger partial charge >= 0.3 is 0 Å². The quantitative estimate of drug-likeness (QED) is 0.407. The lowest BCUT2D eigenvalue weighted by atomic mass is 10.4. The molecule has 1 rings (SSSR count). The topological polar surface area (TPSA) is 47.7 Å². The minimum atomic E-state index is 0.324. The standard InChI is InChI=1S/C5H11N4/c1-5(2)9-7-3-4-8(9)6/h3-5H,6H2,1-2H3/q+1. The largest absolute Gasteiger partial charge is 0.251 e. The Morgan fingerprint density at radius 1 is 1.67 bits per heavy atom. The second kappa shape index (κ2) is 2.05. The van der Waals surface area contributed by atoms with Crippen LogP contribution < -0.4 is 10.6 Å². The molecule has 0 aliphatic carbocycles. The van der Waals surface area contributed by atoms with Crippen LogP contribution >= 0.6 is 0 Å². The van der Waals surface area contributed by atoms with E-state index < -0.39 is 0 Å². The Bertz CT molecular complexity index is 191. The van der Waals surface area contributed by atoms with Crippen molar-refractivity contribution in [3.63, 3.8) is 0 Å². The molecule has 0 unspecified atom stereocenters. The summed E-state index contributed by atoms with van der Waals surface area (Å²) in [6.45, 7) is 4.05. The Balaban J connectivity index is 2.94. The van der Waals surface area contributed by atoms with Crippen LogP contribution in [0.25, 0.3) is 0 Å². The molecular weight excluding hydrogens is 116 g/mol. The SMILES string of the molecule is CC(C)n1ncc[n+]1N. The molecule has 0 aliphatic rings. The number of aromatic nitrogens is 3. The van der Waals surface area contributed by atoms with Crippen LogP contribution in [0.4, 0.5) is 0 Å². The van der Waals surface area contributed by atoms with E-state index in [0.29, 0.717) is 6.04 Å². The van der Waals surface area contributed by atoms with E-state index in [9.17, 15) is 0 Å². The molecule has 50 valence electrons. The summed E-state index contributed by atoms with van der Waals surface area (Å²) in [6.07, 6.45) is 3.38. The highest BCUT2D eigenvalue weighted by molar-refractivity contribution is 4.53. The van der Waals surface area contributed by atoms with Crippen molar-refractivity contribution in [3.8, 4) is 0 Å². The molecule has 4 heteroatoms. The lowest BCUT2D eigenvalue weighted by Gasteiger charge is -1.97. The van der Waals surface area contributed by atoms with Crippen molar-refractivity contribution >= 4 is 0 Å². The predicted octanol–water partition coefficient (Wildman–Crippen LogP) is -0.535. The maximum absolute atomic E-state index is 5.46. The summed E-state index contributed by atoms with van der Waals surface area (Å²) in [5, 5.41) is 3.97. The smallest absolute Gasteiger partial charge is 0.209 e. The summed E-state index contributed by atoms with van der Waals surface area (Å²) in [7, 11) is 0. The normalized spacial score (nSPS) is 10.6. The first-order valence-electron chi connectivity index (χ1n) is 2.92. The average molecular weight is 127 g/mol. The van der Waals surface area contributed by atoms with Gasteiger partial charge in [0.2, 0.25) is 6.20 Å². The second-order valence-electron chi connectivity index (χ2n) is 2.21. The number of nitrogen functional groups attached to an aromatic ring is 1. The van der Waals surface area contributed by atoms with Gasteiger partial charge in [0.25, 0.3) is 0 Å². The minimum absolute atomic E-state index is 0.324. The molecule has 2 N–H and O–H groups in total. The molecule has 0 aliphatic heterocycles.